The van der Waals surface area contributed by atoms with Crippen LogP contribution in [-0.2, 0) is 4.74 Å². The summed E-state index contributed by atoms with van der Waals surface area (Å²) >= 11 is 0. The van der Waals surface area contributed by atoms with Crippen molar-refractivity contribution in [1.29, 1.82) is 0 Å². The molecule has 0 radical (unpaired) electrons. The summed E-state index contributed by atoms with van der Waals surface area (Å²) in [5.74, 6) is 0.608. The lowest BCUT2D eigenvalue weighted by Gasteiger charge is -2.35. The third-order valence-electron chi connectivity index (χ3n) is 3.87. The zero-order valence-corrected chi connectivity index (χ0v) is 15.6. The number of hydrogen-bond donors (Lipinski definition) is 1. The van der Waals surface area contributed by atoms with Crippen molar-refractivity contribution < 1.29 is 14.3 Å². The first-order valence-electron chi connectivity index (χ1n) is 8.67. The van der Waals surface area contributed by atoms with Crippen LogP contribution in [0.25, 0.3) is 5.82 Å². The number of anilines is 1. The molecule has 2 aromatic heterocycles. The average molecular weight is 373 g/mol. The molecule has 10 heteroatoms. The highest BCUT2D eigenvalue weighted by Gasteiger charge is 2.27. The molecule has 0 atom stereocenters. The summed E-state index contributed by atoms with van der Waals surface area (Å²) < 4.78 is 6.89. The summed E-state index contributed by atoms with van der Waals surface area (Å²) in [6.45, 7) is 7.24. The number of ether oxygens (including phenoxy) is 1. The molecule has 2 aromatic rings. The van der Waals surface area contributed by atoms with Gasteiger partial charge in [0.1, 0.15) is 18.3 Å². The smallest absolute Gasteiger partial charge is 0.410 e. The molecule has 27 heavy (non-hydrogen) atoms. The highest BCUT2D eigenvalue weighted by atomic mass is 16.6. The normalized spacial score (nSPS) is 14.8. The van der Waals surface area contributed by atoms with Crippen LogP contribution in [0, 0.1) is 0 Å². The number of carbonyl (C=O) groups is 2. The van der Waals surface area contributed by atoms with Crippen LogP contribution in [0.5, 0.6) is 0 Å². The van der Waals surface area contributed by atoms with Crippen molar-refractivity contribution in [2.45, 2.75) is 26.4 Å². The van der Waals surface area contributed by atoms with Gasteiger partial charge in [-0.15, -0.1) is 0 Å². The number of nitrogens with zero attached hydrogens (tertiary/aromatic N) is 6. The van der Waals surface area contributed by atoms with Crippen LogP contribution in [0.3, 0.4) is 0 Å². The van der Waals surface area contributed by atoms with Crippen molar-refractivity contribution in [2.75, 3.05) is 31.5 Å². The van der Waals surface area contributed by atoms with Gasteiger partial charge in [-0.1, -0.05) is 0 Å². The minimum Gasteiger partial charge on any atom is -0.444 e. The van der Waals surface area contributed by atoms with E-state index in [0.717, 1.165) is 0 Å². The van der Waals surface area contributed by atoms with E-state index in [1.165, 1.54) is 11.0 Å². The van der Waals surface area contributed by atoms with Gasteiger partial charge < -0.3 is 19.9 Å². The van der Waals surface area contributed by atoms with Crippen molar-refractivity contribution in [3.63, 3.8) is 0 Å². The van der Waals surface area contributed by atoms with Crippen LogP contribution in [0.2, 0.25) is 0 Å². The molecule has 1 N–H and O–H groups in total. The van der Waals surface area contributed by atoms with Gasteiger partial charge in [0, 0.05) is 26.2 Å². The molecule has 144 valence electrons. The first kappa shape index (κ1) is 18.6. The third kappa shape index (κ3) is 4.93. The van der Waals surface area contributed by atoms with Gasteiger partial charge in [0.05, 0.1) is 11.9 Å². The number of carbonyl (C=O) groups excluding carboxylic acids is 2. The molecular formula is C17H23N7O3. The summed E-state index contributed by atoms with van der Waals surface area (Å²) in [5, 5.41) is 6.81. The molecular weight excluding hydrogens is 350 g/mol. The highest BCUT2D eigenvalue weighted by molar-refractivity contribution is 5.89. The molecule has 1 saturated heterocycles. The summed E-state index contributed by atoms with van der Waals surface area (Å²) in [4.78, 5) is 35.9. The molecule has 1 aliphatic rings. The zero-order chi connectivity index (χ0) is 19.4. The van der Waals surface area contributed by atoms with Crippen molar-refractivity contribution in [1.82, 2.24) is 29.5 Å². The van der Waals surface area contributed by atoms with Crippen molar-refractivity contribution in [3.05, 3.63) is 31.0 Å². The Morgan fingerprint density at radius 3 is 2.37 bits per heavy atom. The maximum absolute atomic E-state index is 12.4. The summed E-state index contributed by atoms with van der Waals surface area (Å²) in [6, 6.07) is 3.26. The summed E-state index contributed by atoms with van der Waals surface area (Å²) in [7, 11) is 0. The first-order valence-corrected chi connectivity index (χ1v) is 8.67. The lowest BCUT2D eigenvalue weighted by Crippen LogP contribution is -2.52. The van der Waals surface area contributed by atoms with Crippen LogP contribution in [0.15, 0.2) is 31.0 Å². The molecule has 0 aromatic carbocycles. The first-order chi connectivity index (χ1) is 12.8. The van der Waals surface area contributed by atoms with Crippen LogP contribution in [-0.4, -0.2) is 73.5 Å². The van der Waals surface area contributed by atoms with E-state index < -0.39 is 5.60 Å². The van der Waals surface area contributed by atoms with Gasteiger partial charge in [-0.2, -0.15) is 5.10 Å². The van der Waals surface area contributed by atoms with Gasteiger partial charge in [0.15, 0.2) is 5.82 Å². The summed E-state index contributed by atoms with van der Waals surface area (Å²) in [6.07, 6.45) is 4.18. The van der Waals surface area contributed by atoms with E-state index in [4.69, 9.17) is 4.74 Å². The molecule has 0 spiro atoms. The van der Waals surface area contributed by atoms with Crippen LogP contribution >= 0.6 is 0 Å². The quantitative estimate of drug-likeness (QED) is 0.860. The molecule has 1 fully saturated rings. The number of nitrogens with one attached hydrogen (secondary N) is 1. The lowest BCUT2D eigenvalue weighted by atomic mass is 10.2. The highest BCUT2D eigenvalue weighted by Crippen LogP contribution is 2.13. The third-order valence-corrected chi connectivity index (χ3v) is 3.87. The van der Waals surface area contributed by atoms with Gasteiger partial charge in [-0.25, -0.2) is 24.2 Å². The number of hydrogen-bond acceptors (Lipinski definition) is 6. The Morgan fingerprint density at radius 2 is 1.81 bits per heavy atom. The van der Waals surface area contributed by atoms with Crippen LogP contribution < -0.4 is 5.32 Å². The fourth-order valence-electron chi connectivity index (χ4n) is 2.54. The fraction of sp³-hybridized carbons (Fsp3) is 0.471. The topological polar surface area (TPSA) is 105 Å². The van der Waals surface area contributed by atoms with E-state index in [-0.39, 0.29) is 12.1 Å². The minimum atomic E-state index is -0.531. The molecule has 0 aliphatic carbocycles. The van der Waals surface area contributed by atoms with Gasteiger partial charge in [-0.05, 0) is 32.9 Å². The molecule has 0 bridgehead atoms. The fourth-order valence-corrected chi connectivity index (χ4v) is 2.54. The standard InChI is InChI=1S/C17H23N7O3/c1-17(2,3)27-16(26)23-8-6-22(7-9-23)15(25)21-13-4-5-14(19-10-13)24-12-18-11-20-24/h4-5,10-12H,6-9H2,1-3H3,(H,21,25). The maximum atomic E-state index is 12.4. The SMILES string of the molecule is CC(C)(C)OC(=O)N1CCN(C(=O)Nc2ccc(-n3cncn3)nc2)CC1. The van der Waals surface area contributed by atoms with Crippen molar-refractivity contribution >= 4 is 17.8 Å². The molecule has 3 rings (SSSR count). The Kier molecular flexibility index (Phi) is 5.24. The number of aromatic nitrogens is 4. The van der Waals surface area contributed by atoms with E-state index in [1.54, 1.807) is 34.5 Å². The lowest BCUT2D eigenvalue weighted by molar-refractivity contribution is 0.0174. The molecule has 10 nitrogen and oxygen atoms in total. The van der Waals surface area contributed by atoms with Crippen molar-refractivity contribution in [3.8, 4) is 5.82 Å². The van der Waals surface area contributed by atoms with E-state index in [9.17, 15) is 9.59 Å². The summed E-state index contributed by atoms with van der Waals surface area (Å²) in [5.41, 5.74) is 0.0511. The van der Waals surface area contributed by atoms with Gasteiger partial charge in [-0.3, -0.25) is 0 Å². The number of rotatable bonds is 2. The second kappa shape index (κ2) is 7.60. The van der Waals surface area contributed by atoms with E-state index >= 15 is 0 Å². The van der Waals surface area contributed by atoms with Crippen LogP contribution in [0.4, 0.5) is 15.3 Å². The number of amides is 3. The largest absolute Gasteiger partial charge is 0.444 e. The Balaban J connectivity index is 1.50. The maximum Gasteiger partial charge on any atom is 0.410 e. The second-order valence-corrected chi connectivity index (χ2v) is 7.13. The monoisotopic (exact) mass is 373 g/mol. The minimum absolute atomic E-state index is 0.228. The average Bonchev–Trinajstić information content (AvgIpc) is 3.16. The van der Waals surface area contributed by atoms with E-state index in [0.29, 0.717) is 37.7 Å². The van der Waals surface area contributed by atoms with Crippen molar-refractivity contribution in [2.24, 2.45) is 0 Å². The molecule has 3 amide bonds. The second-order valence-electron chi connectivity index (χ2n) is 7.13. The Hall–Kier alpha value is -3.17. The number of pyridine rings is 1. The predicted octanol–water partition coefficient (Wildman–Crippen LogP) is 1.75. The van der Waals surface area contributed by atoms with Crippen LogP contribution in [0.1, 0.15) is 20.8 Å². The van der Waals surface area contributed by atoms with E-state index in [2.05, 4.69) is 20.4 Å². The van der Waals surface area contributed by atoms with Gasteiger partial charge in [0.25, 0.3) is 0 Å². The molecule has 0 unspecified atom stereocenters. The Bertz CT molecular complexity index is 776. The van der Waals surface area contributed by atoms with E-state index in [1.807, 2.05) is 20.8 Å². The van der Waals surface area contributed by atoms with Gasteiger partial charge in [0.2, 0.25) is 0 Å². The predicted molar refractivity (Wildman–Crippen MR) is 97.6 cm³/mol. The Labute approximate surface area is 157 Å². The molecule has 3 heterocycles. The number of piperazine rings is 1. The molecule has 1 aliphatic heterocycles. The van der Waals surface area contributed by atoms with Gasteiger partial charge >= 0.3 is 12.1 Å². The molecule has 0 saturated carbocycles. The zero-order valence-electron chi connectivity index (χ0n) is 15.6. The Morgan fingerprint density at radius 1 is 1.11 bits per heavy atom. The number of urea groups is 1.